The van der Waals surface area contributed by atoms with Gasteiger partial charge in [0.2, 0.25) is 0 Å². The third kappa shape index (κ3) is 3.97. The number of alkyl halides is 3. The number of aromatic nitrogens is 1. The molecule has 152 valence electrons. The van der Waals surface area contributed by atoms with Crippen LogP contribution in [0.15, 0.2) is 60.8 Å². The standard InChI is InChI=1S/C24H25F3N2/c1-17-10-11-19(15-18(17)2)23-22-9-5-12-28(22)13-6-14-29(23)16-20-7-3-4-8-21(20)24(25,26)27/h3-5,7-12,15,23H,6,13-14,16H2,1-2H3/t23-/m0/s1. The van der Waals surface area contributed by atoms with Crippen molar-refractivity contribution in [3.8, 4) is 0 Å². The summed E-state index contributed by atoms with van der Waals surface area (Å²) in [7, 11) is 0. The van der Waals surface area contributed by atoms with E-state index in [0.29, 0.717) is 5.56 Å². The Hall–Kier alpha value is -2.53. The lowest BCUT2D eigenvalue weighted by molar-refractivity contribution is -0.138. The molecule has 4 rings (SSSR count). The monoisotopic (exact) mass is 398 g/mol. The molecule has 0 saturated heterocycles. The summed E-state index contributed by atoms with van der Waals surface area (Å²) in [4.78, 5) is 2.19. The molecule has 2 aromatic carbocycles. The first-order valence-corrected chi connectivity index (χ1v) is 9.96. The van der Waals surface area contributed by atoms with Crippen LogP contribution in [0.25, 0.3) is 0 Å². The molecule has 5 heteroatoms. The van der Waals surface area contributed by atoms with Crippen molar-refractivity contribution in [3.63, 3.8) is 0 Å². The summed E-state index contributed by atoms with van der Waals surface area (Å²) in [5.41, 5.74) is 4.45. The van der Waals surface area contributed by atoms with Gasteiger partial charge in [0.05, 0.1) is 11.6 Å². The Morgan fingerprint density at radius 2 is 1.72 bits per heavy atom. The molecule has 0 amide bonds. The Morgan fingerprint density at radius 1 is 0.931 bits per heavy atom. The predicted molar refractivity (Wildman–Crippen MR) is 109 cm³/mol. The van der Waals surface area contributed by atoms with Crippen LogP contribution in [0.4, 0.5) is 13.2 Å². The summed E-state index contributed by atoms with van der Waals surface area (Å²) in [6.07, 6.45) is -1.38. The van der Waals surface area contributed by atoms with Crippen molar-refractivity contribution in [3.05, 3.63) is 94.3 Å². The third-order valence-electron chi connectivity index (χ3n) is 5.90. The summed E-state index contributed by atoms with van der Waals surface area (Å²) < 4.78 is 42.9. The summed E-state index contributed by atoms with van der Waals surface area (Å²) in [6, 6.07) is 16.4. The quantitative estimate of drug-likeness (QED) is 0.516. The summed E-state index contributed by atoms with van der Waals surface area (Å²) in [5, 5.41) is 0. The van der Waals surface area contributed by atoms with Crippen LogP contribution in [-0.2, 0) is 19.3 Å². The molecule has 29 heavy (non-hydrogen) atoms. The topological polar surface area (TPSA) is 8.17 Å². The van der Waals surface area contributed by atoms with Gasteiger partial charge in [0, 0.05) is 31.5 Å². The highest BCUT2D eigenvalue weighted by Crippen LogP contribution is 2.37. The second-order valence-electron chi connectivity index (χ2n) is 7.85. The highest BCUT2D eigenvalue weighted by Gasteiger charge is 2.35. The molecule has 1 aliphatic heterocycles. The van der Waals surface area contributed by atoms with Crippen LogP contribution in [-0.4, -0.2) is 16.0 Å². The van der Waals surface area contributed by atoms with Crippen molar-refractivity contribution in [1.29, 1.82) is 0 Å². The van der Waals surface area contributed by atoms with Gasteiger partial charge < -0.3 is 4.57 Å². The third-order valence-corrected chi connectivity index (χ3v) is 5.90. The van der Waals surface area contributed by atoms with Crippen molar-refractivity contribution in [2.75, 3.05) is 6.54 Å². The maximum Gasteiger partial charge on any atom is 0.416 e. The van der Waals surface area contributed by atoms with Gasteiger partial charge >= 0.3 is 6.18 Å². The average molecular weight is 398 g/mol. The van der Waals surface area contributed by atoms with Gasteiger partial charge in [0.25, 0.3) is 0 Å². The normalized spacial score (nSPS) is 17.8. The number of hydrogen-bond donors (Lipinski definition) is 0. The molecular formula is C24H25F3N2. The zero-order valence-electron chi connectivity index (χ0n) is 16.7. The summed E-state index contributed by atoms with van der Waals surface area (Å²) in [5.74, 6) is 0. The molecule has 0 bridgehead atoms. The Labute approximate surface area is 169 Å². The van der Waals surface area contributed by atoms with Crippen molar-refractivity contribution in [2.45, 2.75) is 45.6 Å². The van der Waals surface area contributed by atoms with Crippen molar-refractivity contribution in [2.24, 2.45) is 0 Å². The maximum absolute atomic E-state index is 13.6. The lowest BCUT2D eigenvalue weighted by Crippen LogP contribution is -2.30. The van der Waals surface area contributed by atoms with Crippen LogP contribution in [0.1, 0.15) is 46.0 Å². The fourth-order valence-electron chi connectivity index (χ4n) is 4.28. The van der Waals surface area contributed by atoms with E-state index in [2.05, 4.69) is 53.8 Å². The largest absolute Gasteiger partial charge is 0.416 e. The van der Waals surface area contributed by atoms with Crippen LogP contribution in [0.3, 0.4) is 0 Å². The van der Waals surface area contributed by atoms with Gasteiger partial charge in [-0.05, 0) is 60.7 Å². The minimum Gasteiger partial charge on any atom is -0.350 e. The highest BCUT2D eigenvalue weighted by molar-refractivity contribution is 5.37. The molecule has 0 aliphatic carbocycles. The van der Waals surface area contributed by atoms with Gasteiger partial charge in [0.1, 0.15) is 0 Å². The number of aryl methyl sites for hydroxylation is 3. The Morgan fingerprint density at radius 3 is 2.48 bits per heavy atom. The van der Waals surface area contributed by atoms with Crippen LogP contribution < -0.4 is 0 Å². The number of halogens is 3. The second-order valence-corrected chi connectivity index (χ2v) is 7.85. The average Bonchev–Trinajstić information content (AvgIpc) is 3.05. The molecule has 2 heterocycles. The van der Waals surface area contributed by atoms with Crippen LogP contribution in [0.5, 0.6) is 0 Å². The summed E-state index contributed by atoms with van der Waals surface area (Å²) >= 11 is 0. The molecule has 1 atom stereocenters. The lowest BCUT2D eigenvalue weighted by atomic mass is 9.96. The fourth-order valence-corrected chi connectivity index (χ4v) is 4.28. The first-order valence-electron chi connectivity index (χ1n) is 9.96. The van der Waals surface area contributed by atoms with E-state index < -0.39 is 11.7 Å². The molecule has 1 aliphatic rings. The number of nitrogens with zero attached hydrogens (tertiary/aromatic N) is 2. The fraction of sp³-hybridized carbons (Fsp3) is 0.333. The molecule has 0 fully saturated rings. The smallest absolute Gasteiger partial charge is 0.350 e. The lowest BCUT2D eigenvalue weighted by Gasteiger charge is -2.32. The van der Waals surface area contributed by atoms with Gasteiger partial charge in [-0.25, -0.2) is 0 Å². The maximum atomic E-state index is 13.6. The van der Waals surface area contributed by atoms with E-state index in [9.17, 15) is 13.2 Å². The van der Waals surface area contributed by atoms with E-state index in [1.54, 1.807) is 12.1 Å². The van der Waals surface area contributed by atoms with E-state index in [4.69, 9.17) is 0 Å². The summed E-state index contributed by atoms with van der Waals surface area (Å²) in [6.45, 7) is 6.04. The highest BCUT2D eigenvalue weighted by atomic mass is 19.4. The van der Waals surface area contributed by atoms with E-state index in [-0.39, 0.29) is 12.6 Å². The zero-order chi connectivity index (χ0) is 20.6. The number of fused-ring (bicyclic) bond motifs is 1. The Bertz CT molecular complexity index is 1000. The predicted octanol–water partition coefficient (Wildman–Crippen LogP) is 6.12. The molecule has 0 spiro atoms. The van der Waals surface area contributed by atoms with Gasteiger partial charge in [-0.2, -0.15) is 13.2 Å². The van der Waals surface area contributed by atoms with Crippen molar-refractivity contribution >= 4 is 0 Å². The SMILES string of the molecule is Cc1ccc([C@H]2c3cccn3CCCN2Cc2ccccc2C(F)(F)F)cc1C. The zero-order valence-corrected chi connectivity index (χ0v) is 16.7. The van der Waals surface area contributed by atoms with Crippen LogP contribution in [0, 0.1) is 13.8 Å². The van der Waals surface area contributed by atoms with E-state index >= 15 is 0 Å². The Kier molecular flexibility index (Phi) is 5.26. The first kappa shape index (κ1) is 19.8. The minimum atomic E-state index is -4.35. The molecule has 2 nitrogen and oxygen atoms in total. The first-order chi connectivity index (χ1) is 13.8. The van der Waals surface area contributed by atoms with Gasteiger partial charge in [-0.3, -0.25) is 4.90 Å². The van der Waals surface area contributed by atoms with Crippen LogP contribution in [0.2, 0.25) is 0 Å². The number of hydrogen-bond acceptors (Lipinski definition) is 1. The van der Waals surface area contributed by atoms with Crippen molar-refractivity contribution < 1.29 is 13.2 Å². The van der Waals surface area contributed by atoms with E-state index in [0.717, 1.165) is 30.8 Å². The molecule has 0 radical (unpaired) electrons. The second kappa shape index (κ2) is 7.71. The molecule has 0 saturated carbocycles. The number of rotatable bonds is 3. The molecular weight excluding hydrogens is 373 g/mol. The molecule has 3 aromatic rings. The van der Waals surface area contributed by atoms with E-state index in [1.807, 2.05) is 6.07 Å². The van der Waals surface area contributed by atoms with Crippen LogP contribution >= 0.6 is 0 Å². The van der Waals surface area contributed by atoms with Crippen molar-refractivity contribution in [1.82, 2.24) is 9.47 Å². The van der Waals surface area contributed by atoms with Gasteiger partial charge in [-0.1, -0.05) is 36.4 Å². The molecule has 0 unspecified atom stereocenters. The van der Waals surface area contributed by atoms with Gasteiger partial charge in [0.15, 0.2) is 0 Å². The Balaban J connectivity index is 1.78. The molecule has 1 aromatic heterocycles. The molecule has 0 N–H and O–H groups in total. The minimum absolute atomic E-state index is 0.0758. The van der Waals surface area contributed by atoms with Gasteiger partial charge in [-0.15, -0.1) is 0 Å². The van der Waals surface area contributed by atoms with E-state index in [1.165, 1.54) is 23.3 Å². The number of benzene rings is 2.